The van der Waals surface area contributed by atoms with Gasteiger partial charge in [-0.2, -0.15) is 0 Å². The van der Waals surface area contributed by atoms with Crippen LogP contribution < -0.4 is 0 Å². The zero-order valence-electron chi connectivity index (χ0n) is 8.42. The van der Waals surface area contributed by atoms with Crippen LogP contribution >= 0.6 is 0 Å². The van der Waals surface area contributed by atoms with Gasteiger partial charge in [0.15, 0.2) is 11.6 Å². The summed E-state index contributed by atoms with van der Waals surface area (Å²) in [4.78, 5) is 0. The van der Waals surface area contributed by atoms with Crippen molar-refractivity contribution in [1.29, 1.82) is 0 Å². The van der Waals surface area contributed by atoms with Crippen molar-refractivity contribution in [1.82, 2.24) is 0 Å². The second kappa shape index (κ2) is 4.43. The first-order valence-corrected chi connectivity index (χ1v) is 5.00. The quantitative estimate of drug-likeness (QED) is 0.792. The summed E-state index contributed by atoms with van der Waals surface area (Å²) in [6.45, 7) is 0.798. The molecule has 0 amide bonds. The molecule has 2 unspecified atom stereocenters. The number of benzene rings is 1. The molecule has 1 aromatic rings. The van der Waals surface area contributed by atoms with Crippen molar-refractivity contribution in [3.63, 3.8) is 0 Å². The molecule has 0 saturated carbocycles. The fourth-order valence-corrected chi connectivity index (χ4v) is 1.82. The Morgan fingerprint density at radius 2 is 1.88 bits per heavy atom. The molecule has 0 radical (unpaired) electrons. The third kappa shape index (κ3) is 2.05. The molecule has 1 fully saturated rings. The Balaban J connectivity index is 2.28. The van der Waals surface area contributed by atoms with E-state index in [1.807, 2.05) is 0 Å². The number of hydrogen-bond acceptors (Lipinski definition) is 2. The first-order valence-electron chi connectivity index (χ1n) is 5.00. The molecule has 2 rings (SSSR count). The summed E-state index contributed by atoms with van der Waals surface area (Å²) in [5.41, 5.74) is -0.214. The predicted molar refractivity (Wildman–Crippen MR) is 50.2 cm³/mol. The highest BCUT2D eigenvalue weighted by atomic mass is 19.2. The molecule has 0 spiro atoms. The normalized spacial score (nSPS) is 22.4. The molecule has 1 saturated heterocycles. The monoisotopic (exact) mass is 232 g/mol. The van der Waals surface area contributed by atoms with Crippen molar-refractivity contribution < 1.29 is 23.0 Å². The van der Waals surface area contributed by atoms with Crippen LogP contribution in [0.3, 0.4) is 0 Å². The number of hydrogen-bond donors (Lipinski definition) is 1. The summed E-state index contributed by atoms with van der Waals surface area (Å²) < 4.78 is 44.0. The third-order valence-electron chi connectivity index (χ3n) is 2.77. The van der Waals surface area contributed by atoms with Crippen LogP contribution in [0.4, 0.5) is 13.2 Å². The third-order valence-corrected chi connectivity index (χ3v) is 2.77. The zero-order valence-corrected chi connectivity index (χ0v) is 8.42. The van der Waals surface area contributed by atoms with Gasteiger partial charge >= 0.3 is 0 Å². The summed E-state index contributed by atoms with van der Waals surface area (Å²) in [5, 5.41) is 9.81. The van der Waals surface area contributed by atoms with Gasteiger partial charge in [0, 0.05) is 24.2 Å². The van der Waals surface area contributed by atoms with Crippen molar-refractivity contribution >= 4 is 0 Å². The van der Waals surface area contributed by atoms with E-state index in [0.29, 0.717) is 31.8 Å². The molecule has 1 N–H and O–H groups in total. The van der Waals surface area contributed by atoms with Gasteiger partial charge in [0.05, 0.1) is 12.7 Å². The molecule has 0 aliphatic carbocycles. The van der Waals surface area contributed by atoms with E-state index in [0.717, 1.165) is 0 Å². The van der Waals surface area contributed by atoms with Crippen LogP contribution in [0, 0.1) is 23.4 Å². The Hall–Kier alpha value is -1.07. The Bertz CT molecular complexity index is 389. The molecule has 1 heterocycles. The molecule has 0 bridgehead atoms. The van der Waals surface area contributed by atoms with Crippen LogP contribution in [0.5, 0.6) is 0 Å². The topological polar surface area (TPSA) is 29.5 Å². The van der Waals surface area contributed by atoms with E-state index < -0.39 is 23.6 Å². The van der Waals surface area contributed by atoms with Gasteiger partial charge in [0.2, 0.25) is 0 Å². The summed E-state index contributed by atoms with van der Waals surface area (Å²) >= 11 is 0. The van der Waals surface area contributed by atoms with Gasteiger partial charge in [0.25, 0.3) is 0 Å². The zero-order chi connectivity index (χ0) is 11.7. The highest BCUT2D eigenvalue weighted by molar-refractivity contribution is 5.23. The van der Waals surface area contributed by atoms with Crippen molar-refractivity contribution in [2.75, 3.05) is 13.2 Å². The summed E-state index contributed by atoms with van der Waals surface area (Å²) in [5.74, 6) is -3.61. The van der Waals surface area contributed by atoms with E-state index in [4.69, 9.17) is 4.74 Å². The molecular weight excluding hydrogens is 221 g/mol. The minimum atomic E-state index is -1.25. The number of aliphatic hydroxyl groups excluding tert-OH is 1. The highest BCUT2D eigenvalue weighted by Crippen LogP contribution is 2.31. The van der Waals surface area contributed by atoms with Crippen molar-refractivity contribution in [3.05, 3.63) is 35.1 Å². The molecule has 88 valence electrons. The van der Waals surface area contributed by atoms with E-state index in [2.05, 4.69) is 0 Å². The largest absolute Gasteiger partial charge is 0.388 e. The lowest BCUT2D eigenvalue weighted by atomic mass is 9.94. The molecule has 5 heteroatoms. The maximum atomic E-state index is 13.3. The van der Waals surface area contributed by atoms with Crippen LogP contribution in [0.1, 0.15) is 18.1 Å². The second-order valence-corrected chi connectivity index (χ2v) is 3.86. The van der Waals surface area contributed by atoms with Gasteiger partial charge in [-0.15, -0.1) is 0 Å². The van der Waals surface area contributed by atoms with E-state index in [1.165, 1.54) is 0 Å². The maximum absolute atomic E-state index is 13.3. The van der Waals surface area contributed by atoms with E-state index in [1.54, 1.807) is 0 Å². The predicted octanol–water partition coefficient (Wildman–Crippen LogP) is 2.17. The van der Waals surface area contributed by atoms with Gasteiger partial charge in [-0.3, -0.25) is 0 Å². The average molecular weight is 232 g/mol. The summed E-state index contributed by atoms with van der Waals surface area (Å²) in [6.07, 6.45) is -0.572. The fraction of sp³-hybridized carbons (Fsp3) is 0.455. The van der Waals surface area contributed by atoms with E-state index in [9.17, 15) is 18.3 Å². The lowest BCUT2D eigenvalue weighted by molar-refractivity contribution is 0.0885. The van der Waals surface area contributed by atoms with E-state index >= 15 is 0 Å². The van der Waals surface area contributed by atoms with Gasteiger partial charge in [-0.05, 0) is 12.5 Å². The Morgan fingerprint density at radius 1 is 1.19 bits per heavy atom. The van der Waals surface area contributed by atoms with Crippen molar-refractivity contribution in [2.45, 2.75) is 12.5 Å². The van der Waals surface area contributed by atoms with Crippen molar-refractivity contribution in [2.24, 2.45) is 5.92 Å². The first kappa shape index (κ1) is 11.4. The SMILES string of the molecule is OC(c1cc(F)c(F)cc1F)C1CCOC1. The Morgan fingerprint density at radius 3 is 2.50 bits per heavy atom. The van der Waals surface area contributed by atoms with Crippen LogP contribution in [-0.2, 0) is 4.74 Å². The molecule has 1 aliphatic heterocycles. The number of halogens is 3. The molecular formula is C11H11F3O2. The van der Waals surface area contributed by atoms with Crippen LogP contribution in [-0.4, -0.2) is 18.3 Å². The molecule has 1 aliphatic rings. The summed E-state index contributed by atoms with van der Waals surface area (Å²) in [6, 6.07) is 1.15. The minimum Gasteiger partial charge on any atom is -0.388 e. The Labute approximate surface area is 90.7 Å². The summed E-state index contributed by atoms with van der Waals surface area (Å²) in [7, 11) is 0. The molecule has 16 heavy (non-hydrogen) atoms. The minimum absolute atomic E-state index is 0.214. The van der Waals surface area contributed by atoms with Gasteiger partial charge in [0.1, 0.15) is 5.82 Å². The highest BCUT2D eigenvalue weighted by Gasteiger charge is 2.28. The Kier molecular flexibility index (Phi) is 3.16. The molecule has 1 aromatic carbocycles. The smallest absolute Gasteiger partial charge is 0.161 e. The number of aliphatic hydroxyl groups is 1. The fourth-order valence-electron chi connectivity index (χ4n) is 1.82. The lowest BCUT2D eigenvalue weighted by Gasteiger charge is -2.17. The second-order valence-electron chi connectivity index (χ2n) is 3.86. The van der Waals surface area contributed by atoms with Crippen LogP contribution in [0.15, 0.2) is 12.1 Å². The standard InChI is InChI=1S/C11H11F3O2/c12-8-4-10(14)9(13)3-7(8)11(15)6-1-2-16-5-6/h3-4,6,11,15H,1-2,5H2. The molecule has 2 nitrogen and oxygen atoms in total. The van der Waals surface area contributed by atoms with Gasteiger partial charge in [-0.1, -0.05) is 0 Å². The number of ether oxygens (including phenoxy) is 1. The molecule has 2 atom stereocenters. The van der Waals surface area contributed by atoms with Crippen molar-refractivity contribution in [3.8, 4) is 0 Å². The van der Waals surface area contributed by atoms with E-state index in [-0.39, 0.29) is 11.5 Å². The lowest BCUT2D eigenvalue weighted by Crippen LogP contribution is -2.14. The molecule has 0 aromatic heterocycles. The van der Waals surface area contributed by atoms with Gasteiger partial charge in [-0.25, -0.2) is 13.2 Å². The van der Waals surface area contributed by atoms with Gasteiger partial charge < -0.3 is 9.84 Å². The maximum Gasteiger partial charge on any atom is 0.161 e. The first-order chi connectivity index (χ1) is 7.59. The number of rotatable bonds is 2. The average Bonchev–Trinajstić information content (AvgIpc) is 2.75. The van der Waals surface area contributed by atoms with Crippen LogP contribution in [0.2, 0.25) is 0 Å². The van der Waals surface area contributed by atoms with Crippen LogP contribution in [0.25, 0.3) is 0 Å².